The normalized spacial score (nSPS) is 27.6. The Morgan fingerprint density at radius 3 is 2.71 bits per heavy atom. The molecular formula is C10H15NO3. The van der Waals surface area contributed by atoms with Crippen LogP contribution in [0.4, 0.5) is 0 Å². The average Bonchev–Trinajstić information content (AvgIpc) is 3.01. The molecule has 14 heavy (non-hydrogen) atoms. The molecule has 1 aliphatic carbocycles. The Balaban J connectivity index is 1.97. The van der Waals surface area contributed by atoms with E-state index in [2.05, 4.69) is 0 Å². The van der Waals surface area contributed by atoms with Crippen molar-refractivity contribution in [2.75, 3.05) is 13.7 Å². The number of likely N-dealkylation sites (tertiary alicyclic amines) is 1. The first kappa shape index (κ1) is 9.49. The molecule has 1 amide bonds. The summed E-state index contributed by atoms with van der Waals surface area (Å²) in [4.78, 5) is 24.7. The summed E-state index contributed by atoms with van der Waals surface area (Å²) in [6.07, 6.45) is 3.34. The zero-order valence-electron chi connectivity index (χ0n) is 8.36. The Labute approximate surface area is 83.2 Å². The molecule has 4 nitrogen and oxygen atoms in total. The van der Waals surface area contributed by atoms with Gasteiger partial charge in [-0.2, -0.15) is 0 Å². The van der Waals surface area contributed by atoms with Gasteiger partial charge < -0.3 is 9.64 Å². The van der Waals surface area contributed by atoms with E-state index in [0.717, 1.165) is 12.8 Å². The van der Waals surface area contributed by atoms with Crippen molar-refractivity contribution in [3.05, 3.63) is 0 Å². The zero-order chi connectivity index (χ0) is 10.1. The van der Waals surface area contributed by atoms with Crippen LogP contribution in [0.3, 0.4) is 0 Å². The fourth-order valence-corrected chi connectivity index (χ4v) is 1.97. The van der Waals surface area contributed by atoms with Crippen LogP contribution in [0, 0.1) is 5.92 Å². The number of nitrogens with zero attached hydrogens (tertiary/aromatic N) is 1. The molecular weight excluding hydrogens is 182 g/mol. The summed E-state index contributed by atoms with van der Waals surface area (Å²) < 4.78 is 4.70. The molecule has 0 bridgehead atoms. The Hall–Kier alpha value is -1.06. The summed E-state index contributed by atoms with van der Waals surface area (Å²) >= 11 is 0. The van der Waals surface area contributed by atoms with Crippen LogP contribution in [0.1, 0.15) is 25.7 Å². The number of amides is 1. The van der Waals surface area contributed by atoms with Crippen molar-refractivity contribution in [3.8, 4) is 0 Å². The second kappa shape index (κ2) is 3.59. The van der Waals surface area contributed by atoms with Gasteiger partial charge in [0.05, 0.1) is 13.0 Å². The maximum absolute atomic E-state index is 11.5. The van der Waals surface area contributed by atoms with Gasteiger partial charge >= 0.3 is 5.97 Å². The largest absolute Gasteiger partial charge is 0.469 e. The monoisotopic (exact) mass is 197 g/mol. The van der Waals surface area contributed by atoms with Crippen LogP contribution in [0.5, 0.6) is 0 Å². The second-order valence-corrected chi connectivity index (χ2v) is 4.04. The minimum atomic E-state index is -0.178. The van der Waals surface area contributed by atoms with Gasteiger partial charge in [0, 0.05) is 19.0 Å². The molecule has 4 heteroatoms. The molecule has 0 spiro atoms. The first-order valence-electron chi connectivity index (χ1n) is 5.09. The predicted octanol–water partition coefficient (Wildman–Crippen LogP) is 0.560. The minimum Gasteiger partial charge on any atom is -0.469 e. The van der Waals surface area contributed by atoms with Crippen LogP contribution < -0.4 is 0 Å². The van der Waals surface area contributed by atoms with Crippen LogP contribution in [0.25, 0.3) is 0 Å². The maximum atomic E-state index is 11.5. The lowest BCUT2D eigenvalue weighted by atomic mass is 9.97. The van der Waals surface area contributed by atoms with E-state index in [1.165, 1.54) is 7.11 Å². The third-order valence-corrected chi connectivity index (χ3v) is 2.97. The molecule has 1 heterocycles. The summed E-state index contributed by atoms with van der Waals surface area (Å²) in [6.45, 7) is 0.566. The van der Waals surface area contributed by atoms with Crippen LogP contribution in [-0.2, 0) is 14.3 Å². The van der Waals surface area contributed by atoms with Gasteiger partial charge in [-0.05, 0) is 19.3 Å². The van der Waals surface area contributed by atoms with Gasteiger partial charge in [-0.15, -0.1) is 0 Å². The number of ether oxygens (including phenoxy) is 1. The number of rotatable bonds is 2. The average molecular weight is 197 g/mol. The fourth-order valence-electron chi connectivity index (χ4n) is 1.97. The molecule has 78 valence electrons. The summed E-state index contributed by atoms with van der Waals surface area (Å²) in [5.41, 5.74) is 0. The van der Waals surface area contributed by atoms with Gasteiger partial charge in [0.25, 0.3) is 0 Å². The Morgan fingerprint density at radius 2 is 2.14 bits per heavy atom. The number of methoxy groups -OCH3 is 1. The Morgan fingerprint density at radius 1 is 1.43 bits per heavy atom. The second-order valence-electron chi connectivity index (χ2n) is 4.04. The van der Waals surface area contributed by atoms with Gasteiger partial charge in [-0.25, -0.2) is 0 Å². The highest BCUT2D eigenvalue weighted by molar-refractivity contribution is 5.81. The maximum Gasteiger partial charge on any atom is 0.310 e. The van der Waals surface area contributed by atoms with E-state index in [-0.39, 0.29) is 17.8 Å². The predicted molar refractivity (Wildman–Crippen MR) is 49.5 cm³/mol. The van der Waals surface area contributed by atoms with Crippen LogP contribution >= 0.6 is 0 Å². The highest BCUT2D eigenvalue weighted by Gasteiger charge is 2.38. The van der Waals surface area contributed by atoms with Crippen LogP contribution in [0.2, 0.25) is 0 Å². The highest BCUT2D eigenvalue weighted by atomic mass is 16.5. The lowest BCUT2D eigenvalue weighted by Gasteiger charge is -2.31. The number of esters is 1. The van der Waals surface area contributed by atoms with Crippen molar-refractivity contribution in [2.24, 2.45) is 5.92 Å². The van der Waals surface area contributed by atoms with Crippen molar-refractivity contribution >= 4 is 11.9 Å². The van der Waals surface area contributed by atoms with Gasteiger partial charge in [-0.1, -0.05) is 0 Å². The number of carbonyl (C=O) groups excluding carboxylic acids is 2. The third-order valence-electron chi connectivity index (χ3n) is 2.97. The topological polar surface area (TPSA) is 46.6 Å². The molecule has 0 N–H and O–H groups in total. The van der Waals surface area contributed by atoms with E-state index in [1.54, 1.807) is 0 Å². The number of hydrogen-bond acceptors (Lipinski definition) is 3. The van der Waals surface area contributed by atoms with Gasteiger partial charge in [0.2, 0.25) is 5.91 Å². The molecule has 0 unspecified atom stereocenters. The van der Waals surface area contributed by atoms with Crippen molar-refractivity contribution in [1.82, 2.24) is 4.90 Å². The lowest BCUT2D eigenvalue weighted by molar-refractivity contribution is -0.150. The Bertz CT molecular complexity index is 260. The Kier molecular flexibility index (Phi) is 2.44. The standard InChI is InChI=1S/C10H15NO3/c1-14-10(13)7-2-5-9(12)11(6-7)8-3-4-8/h7-8H,2-6H2,1H3/t7-/m1/s1. The van der Waals surface area contributed by atoms with E-state index in [1.807, 2.05) is 4.90 Å². The van der Waals surface area contributed by atoms with E-state index in [4.69, 9.17) is 4.74 Å². The summed E-state index contributed by atoms with van der Waals surface area (Å²) in [7, 11) is 1.40. The third kappa shape index (κ3) is 1.74. The molecule has 0 aromatic rings. The molecule has 2 fully saturated rings. The van der Waals surface area contributed by atoms with Gasteiger partial charge in [0.1, 0.15) is 0 Å². The molecule has 1 atom stereocenters. The molecule has 1 saturated carbocycles. The fraction of sp³-hybridized carbons (Fsp3) is 0.800. The molecule has 2 aliphatic rings. The van der Waals surface area contributed by atoms with E-state index in [9.17, 15) is 9.59 Å². The summed E-state index contributed by atoms with van der Waals surface area (Å²) in [5, 5.41) is 0. The van der Waals surface area contributed by atoms with Crippen LogP contribution in [0.15, 0.2) is 0 Å². The zero-order valence-corrected chi connectivity index (χ0v) is 8.36. The molecule has 0 radical (unpaired) electrons. The molecule has 0 aromatic heterocycles. The van der Waals surface area contributed by atoms with Gasteiger partial charge in [0.15, 0.2) is 0 Å². The molecule has 1 saturated heterocycles. The van der Waals surface area contributed by atoms with Crippen molar-refractivity contribution in [3.63, 3.8) is 0 Å². The summed E-state index contributed by atoms with van der Waals surface area (Å²) in [5.74, 6) is -0.0749. The SMILES string of the molecule is COC(=O)[C@@H]1CCC(=O)N(C2CC2)C1. The highest BCUT2D eigenvalue weighted by Crippen LogP contribution is 2.31. The molecule has 2 rings (SSSR count). The van der Waals surface area contributed by atoms with Crippen LogP contribution in [-0.4, -0.2) is 36.5 Å². The van der Waals surface area contributed by atoms with E-state index >= 15 is 0 Å². The van der Waals surface area contributed by atoms with Gasteiger partial charge in [-0.3, -0.25) is 9.59 Å². The first-order valence-corrected chi connectivity index (χ1v) is 5.09. The number of piperidine rings is 1. The number of hydrogen-bond donors (Lipinski definition) is 0. The van der Waals surface area contributed by atoms with E-state index in [0.29, 0.717) is 25.4 Å². The number of carbonyl (C=O) groups is 2. The lowest BCUT2D eigenvalue weighted by Crippen LogP contribution is -2.44. The van der Waals surface area contributed by atoms with E-state index < -0.39 is 0 Å². The minimum absolute atomic E-state index is 0.0988. The van der Waals surface area contributed by atoms with Crippen molar-refractivity contribution in [2.45, 2.75) is 31.7 Å². The quantitative estimate of drug-likeness (QED) is 0.608. The smallest absolute Gasteiger partial charge is 0.310 e. The van der Waals surface area contributed by atoms with Crippen molar-refractivity contribution in [1.29, 1.82) is 0 Å². The first-order chi connectivity index (χ1) is 6.72. The molecule has 1 aliphatic heterocycles. The summed E-state index contributed by atoms with van der Waals surface area (Å²) in [6, 6.07) is 0.412. The molecule has 0 aromatic carbocycles. The van der Waals surface area contributed by atoms with Crippen molar-refractivity contribution < 1.29 is 14.3 Å².